The molecule has 2 heterocycles. The van der Waals surface area contributed by atoms with E-state index in [1.54, 1.807) is 4.90 Å². The zero-order chi connectivity index (χ0) is 19.4. The Morgan fingerprint density at radius 3 is 2.59 bits per heavy atom. The summed E-state index contributed by atoms with van der Waals surface area (Å²) in [6.45, 7) is 2.59. The van der Waals surface area contributed by atoms with Crippen LogP contribution in [0.1, 0.15) is 41.7 Å². The quantitative estimate of drug-likeness (QED) is 0.812. The molecule has 2 atom stereocenters. The third kappa shape index (κ3) is 4.31. The molecule has 0 bridgehead atoms. The van der Waals surface area contributed by atoms with Gasteiger partial charge in [-0.15, -0.1) is 0 Å². The fraction of sp³-hybridized carbons (Fsp3) is 0.300. The van der Waals surface area contributed by atoms with Gasteiger partial charge < -0.3 is 16.0 Å². The second-order valence-electron chi connectivity index (χ2n) is 6.85. The van der Waals surface area contributed by atoms with Crippen molar-refractivity contribution >= 4 is 23.4 Å². The third-order valence-corrected chi connectivity index (χ3v) is 4.74. The van der Waals surface area contributed by atoms with Crippen LogP contribution in [0.15, 0.2) is 48.8 Å². The van der Waals surface area contributed by atoms with E-state index in [0.29, 0.717) is 12.5 Å². The number of rotatable bonds is 3. The lowest BCUT2D eigenvalue weighted by Gasteiger charge is -2.38. The monoisotopic (exact) mass is 366 g/mol. The number of carbonyl (C=O) groups is 3. The van der Waals surface area contributed by atoms with Gasteiger partial charge in [0.05, 0.1) is 23.5 Å². The predicted octanol–water partition coefficient (Wildman–Crippen LogP) is 2.12. The minimum Gasteiger partial charge on any atom is -0.366 e. The smallest absolute Gasteiger partial charge is 0.313 e. The highest BCUT2D eigenvalue weighted by atomic mass is 16.2. The molecule has 0 saturated carbocycles. The minimum absolute atomic E-state index is 0.129. The maximum Gasteiger partial charge on any atom is 0.313 e. The molecule has 1 fully saturated rings. The van der Waals surface area contributed by atoms with Crippen LogP contribution in [0.25, 0.3) is 0 Å². The van der Waals surface area contributed by atoms with E-state index in [2.05, 4.69) is 17.2 Å². The van der Waals surface area contributed by atoms with Crippen molar-refractivity contribution in [2.24, 2.45) is 11.7 Å². The van der Waals surface area contributed by atoms with Gasteiger partial charge in [0.1, 0.15) is 0 Å². The molecule has 2 aromatic rings. The number of primary amides is 1. The first-order valence-electron chi connectivity index (χ1n) is 8.87. The van der Waals surface area contributed by atoms with Crippen molar-refractivity contribution in [1.82, 2.24) is 9.88 Å². The number of amides is 3. The molecule has 27 heavy (non-hydrogen) atoms. The van der Waals surface area contributed by atoms with Crippen LogP contribution in [-0.2, 0) is 9.59 Å². The van der Waals surface area contributed by atoms with Crippen molar-refractivity contribution in [3.8, 4) is 0 Å². The summed E-state index contributed by atoms with van der Waals surface area (Å²) in [5, 5.41) is 2.52. The Balaban J connectivity index is 1.78. The van der Waals surface area contributed by atoms with Crippen LogP contribution in [0.3, 0.4) is 0 Å². The van der Waals surface area contributed by atoms with Gasteiger partial charge in [-0.1, -0.05) is 37.3 Å². The van der Waals surface area contributed by atoms with Crippen LogP contribution in [-0.4, -0.2) is 34.2 Å². The lowest BCUT2D eigenvalue weighted by Crippen LogP contribution is -2.46. The summed E-state index contributed by atoms with van der Waals surface area (Å²) in [5.74, 6) is -1.69. The molecule has 2 unspecified atom stereocenters. The molecule has 140 valence electrons. The molecular formula is C20H22N4O3. The zero-order valence-corrected chi connectivity index (χ0v) is 15.1. The van der Waals surface area contributed by atoms with Gasteiger partial charge in [-0.2, -0.15) is 0 Å². The van der Waals surface area contributed by atoms with E-state index in [-0.39, 0.29) is 17.3 Å². The molecule has 1 aromatic heterocycles. The van der Waals surface area contributed by atoms with Gasteiger partial charge in [0.25, 0.3) is 0 Å². The average molecular weight is 366 g/mol. The predicted molar refractivity (Wildman–Crippen MR) is 101 cm³/mol. The van der Waals surface area contributed by atoms with E-state index in [1.165, 1.54) is 18.5 Å². The minimum atomic E-state index is -0.756. The van der Waals surface area contributed by atoms with Crippen molar-refractivity contribution < 1.29 is 14.4 Å². The van der Waals surface area contributed by atoms with Gasteiger partial charge >= 0.3 is 11.8 Å². The van der Waals surface area contributed by atoms with Crippen LogP contribution in [0, 0.1) is 5.92 Å². The van der Waals surface area contributed by atoms with Gasteiger partial charge in [-0.05, 0) is 30.4 Å². The molecule has 0 aliphatic carbocycles. The van der Waals surface area contributed by atoms with Gasteiger partial charge in [0.2, 0.25) is 5.91 Å². The number of nitrogens with two attached hydrogens (primary N) is 1. The zero-order valence-electron chi connectivity index (χ0n) is 15.1. The first-order valence-corrected chi connectivity index (χ1v) is 8.87. The number of nitrogens with zero attached hydrogens (tertiary/aromatic N) is 2. The van der Waals surface area contributed by atoms with Crippen LogP contribution in [0.2, 0.25) is 0 Å². The maximum atomic E-state index is 12.9. The number of pyridine rings is 1. The molecule has 1 saturated heterocycles. The summed E-state index contributed by atoms with van der Waals surface area (Å²) < 4.78 is 0. The Hall–Kier alpha value is -3.22. The summed E-state index contributed by atoms with van der Waals surface area (Å²) in [5.41, 5.74) is 6.65. The molecule has 7 heteroatoms. The van der Waals surface area contributed by atoms with Gasteiger partial charge in [0.15, 0.2) is 0 Å². The molecule has 3 N–H and O–H groups in total. The maximum absolute atomic E-state index is 12.9. The number of likely N-dealkylation sites (tertiary alicyclic amines) is 1. The largest absolute Gasteiger partial charge is 0.366 e. The fourth-order valence-electron chi connectivity index (χ4n) is 3.36. The highest BCUT2D eigenvalue weighted by Gasteiger charge is 2.34. The topological polar surface area (TPSA) is 105 Å². The molecule has 1 aliphatic heterocycles. The normalized spacial score (nSPS) is 19.4. The summed E-state index contributed by atoms with van der Waals surface area (Å²) >= 11 is 0. The van der Waals surface area contributed by atoms with Gasteiger partial charge in [-0.3, -0.25) is 19.4 Å². The van der Waals surface area contributed by atoms with Crippen LogP contribution in [0.5, 0.6) is 0 Å². The second-order valence-corrected chi connectivity index (χ2v) is 6.85. The molecule has 1 aromatic carbocycles. The van der Waals surface area contributed by atoms with Crippen molar-refractivity contribution in [1.29, 1.82) is 0 Å². The van der Waals surface area contributed by atoms with Crippen LogP contribution < -0.4 is 11.1 Å². The number of benzene rings is 1. The van der Waals surface area contributed by atoms with Gasteiger partial charge in [-0.25, -0.2) is 0 Å². The third-order valence-electron chi connectivity index (χ3n) is 4.74. The first-order chi connectivity index (χ1) is 13.0. The van der Waals surface area contributed by atoms with E-state index >= 15 is 0 Å². The molecule has 7 nitrogen and oxygen atoms in total. The highest BCUT2D eigenvalue weighted by Crippen LogP contribution is 2.33. The second kappa shape index (κ2) is 7.99. The highest BCUT2D eigenvalue weighted by molar-refractivity contribution is 6.39. The van der Waals surface area contributed by atoms with Crippen molar-refractivity contribution in [2.75, 3.05) is 11.9 Å². The van der Waals surface area contributed by atoms with E-state index in [1.807, 2.05) is 30.3 Å². The Kier molecular flexibility index (Phi) is 5.49. The summed E-state index contributed by atoms with van der Waals surface area (Å²) in [7, 11) is 0. The van der Waals surface area contributed by atoms with Crippen molar-refractivity contribution in [3.05, 3.63) is 59.9 Å². The van der Waals surface area contributed by atoms with Crippen LogP contribution >= 0.6 is 0 Å². The lowest BCUT2D eigenvalue weighted by molar-refractivity contribution is -0.146. The molecule has 1 aliphatic rings. The van der Waals surface area contributed by atoms with Crippen molar-refractivity contribution in [3.63, 3.8) is 0 Å². The fourth-order valence-corrected chi connectivity index (χ4v) is 3.36. The lowest BCUT2D eigenvalue weighted by atomic mass is 9.90. The van der Waals surface area contributed by atoms with Crippen molar-refractivity contribution in [2.45, 2.75) is 25.8 Å². The molecule has 0 spiro atoms. The Morgan fingerprint density at radius 1 is 1.15 bits per heavy atom. The number of carbonyl (C=O) groups excluding carboxylic acids is 3. The van der Waals surface area contributed by atoms with Crippen LogP contribution in [0.4, 0.5) is 5.69 Å². The molecular weight excluding hydrogens is 344 g/mol. The number of hydrogen-bond acceptors (Lipinski definition) is 4. The summed E-state index contributed by atoms with van der Waals surface area (Å²) in [6, 6.07) is 11.0. The Morgan fingerprint density at radius 2 is 1.89 bits per heavy atom. The molecule has 0 radical (unpaired) electrons. The average Bonchev–Trinajstić information content (AvgIpc) is 2.68. The summed E-state index contributed by atoms with van der Waals surface area (Å²) in [6.07, 6.45) is 4.47. The summed E-state index contributed by atoms with van der Waals surface area (Å²) in [4.78, 5) is 42.1. The first kappa shape index (κ1) is 18.6. The van der Waals surface area contributed by atoms with E-state index in [0.717, 1.165) is 18.4 Å². The standard InChI is InChI=1S/C20H22N4O3/c1-13-7-8-17(14-5-3-2-4-6-14)24(12-13)20(27)19(26)23-16-9-15(18(21)25)10-22-11-16/h2-6,9-11,13,17H,7-8,12H2,1H3,(H2,21,25)(H,23,26). The molecule has 3 amide bonds. The number of nitrogens with one attached hydrogen (secondary N) is 1. The van der Waals surface area contributed by atoms with Gasteiger partial charge in [0, 0.05) is 12.7 Å². The van der Waals surface area contributed by atoms with E-state index < -0.39 is 17.7 Å². The number of piperidine rings is 1. The number of aromatic nitrogens is 1. The molecule has 3 rings (SSSR count). The SMILES string of the molecule is CC1CCC(c2ccccc2)N(C(=O)C(=O)Nc2cncc(C(N)=O)c2)C1. The number of anilines is 1. The Bertz CT molecular complexity index is 853. The van der Waals surface area contributed by atoms with E-state index in [9.17, 15) is 14.4 Å². The van der Waals surface area contributed by atoms with E-state index in [4.69, 9.17) is 5.73 Å². The number of hydrogen-bond donors (Lipinski definition) is 2. The Labute approximate surface area is 157 Å².